The lowest BCUT2D eigenvalue weighted by Crippen LogP contribution is -2.51. The van der Waals surface area contributed by atoms with Crippen molar-refractivity contribution in [2.24, 2.45) is 17.1 Å². The number of fused-ring (bicyclic) bond motifs is 4. The van der Waals surface area contributed by atoms with Crippen molar-refractivity contribution in [1.82, 2.24) is 4.90 Å². The molecule has 4 atom stereocenters. The number of benzene rings is 1. The van der Waals surface area contributed by atoms with Gasteiger partial charge in [0.25, 0.3) is 0 Å². The molecule has 0 unspecified atom stereocenters. The van der Waals surface area contributed by atoms with Crippen LogP contribution in [0, 0.1) is 45.3 Å². The second-order valence-electron chi connectivity index (χ2n) is 7.61. The molecule has 1 aromatic carbocycles. The van der Waals surface area contributed by atoms with Gasteiger partial charge in [-0.15, -0.1) is 0 Å². The van der Waals surface area contributed by atoms with Crippen LogP contribution in [0.4, 0.5) is 0 Å². The number of nitrogens with zero attached hydrogens (tertiary/aromatic N) is 4. The summed E-state index contributed by atoms with van der Waals surface area (Å²) in [4.78, 5) is 2.27. The number of hydrogen-bond acceptors (Lipinski definition) is 5. The molecule has 4 rings (SSSR count). The van der Waals surface area contributed by atoms with E-state index in [2.05, 4.69) is 36.2 Å². The number of halogens is 2. The molecule has 1 aromatic rings. The van der Waals surface area contributed by atoms with Crippen molar-refractivity contribution >= 4 is 23.2 Å². The van der Waals surface area contributed by atoms with Gasteiger partial charge >= 0.3 is 0 Å². The van der Waals surface area contributed by atoms with Crippen molar-refractivity contribution in [2.75, 3.05) is 7.05 Å². The van der Waals surface area contributed by atoms with Gasteiger partial charge in [-0.05, 0) is 43.2 Å². The molecular weight excluding hydrogens is 393 g/mol. The molecule has 2 heterocycles. The molecule has 2 N–H and O–H groups in total. The van der Waals surface area contributed by atoms with Crippen LogP contribution in [0.25, 0.3) is 0 Å². The fraction of sp³-hybridized carbons (Fsp3) is 0.381. The zero-order chi connectivity index (χ0) is 20.2. The highest BCUT2D eigenvalue weighted by Crippen LogP contribution is 2.58. The molecule has 1 fully saturated rings. The van der Waals surface area contributed by atoms with Crippen LogP contribution in [0.1, 0.15) is 24.3 Å². The molecule has 3 aliphatic rings. The topological polar surface area (TPSA) is 101 Å². The quantitative estimate of drug-likeness (QED) is 0.757. The van der Waals surface area contributed by atoms with Crippen molar-refractivity contribution in [2.45, 2.75) is 30.8 Å². The van der Waals surface area contributed by atoms with Crippen LogP contribution in [0.5, 0.6) is 0 Å². The molecule has 28 heavy (non-hydrogen) atoms. The fourth-order valence-corrected chi connectivity index (χ4v) is 5.47. The fourth-order valence-electron chi connectivity index (χ4n) is 5.17. The maximum Gasteiger partial charge on any atom is 0.191 e. The molecule has 2 bridgehead atoms. The van der Waals surface area contributed by atoms with Crippen molar-refractivity contribution in [1.29, 1.82) is 15.8 Å². The minimum Gasteiger partial charge on any atom is -0.399 e. The molecule has 0 spiro atoms. The van der Waals surface area contributed by atoms with Crippen LogP contribution < -0.4 is 5.73 Å². The Morgan fingerprint density at radius 3 is 2.46 bits per heavy atom. The minimum absolute atomic E-state index is 0.0301. The number of rotatable bonds is 1. The maximum absolute atomic E-state index is 10.1. The third kappa shape index (κ3) is 2.33. The Labute approximate surface area is 173 Å². The zero-order valence-corrected chi connectivity index (χ0v) is 16.7. The maximum atomic E-state index is 10.1. The highest BCUT2D eigenvalue weighted by atomic mass is 35.5. The second kappa shape index (κ2) is 6.54. The van der Waals surface area contributed by atoms with Gasteiger partial charge in [-0.2, -0.15) is 15.8 Å². The molecule has 5 nitrogen and oxygen atoms in total. The van der Waals surface area contributed by atoms with Crippen molar-refractivity contribution < 1.29 is 0 Å². The monoisotopic (exact) mass is 409 g/mol. The molecule has 2 aliphatic heterocycles. The van der Waals surface area contributed by atoms with Crippen LogP contribution in [0.2, 0.25) is 10.0 Å². The zero-order valence-electron chi connectivity index (χ0n) is 15.2. The highest BCUT2D eigenvalue weighted by molar-refractivity contribution is 6.42. The van der Waals surface area contributed by atoms with E-state index in [1.807, 2.05) is 0 Å². The molecular formula is C21H17Cl2N5. The summed E-state index contributed by atoms with van der Waals surface area (Å²) in [5.74, 6) is -0.755. The minimum atomic E-state index is -1.65. The number of allylic oxidation sites excluding steroid dienone is 2. The van der Waals surface area contributed by atoms with E-state index in [1.165, 1.54) is 0 Å². The second-order valence-corrected chi connectivity index (χ2v) is 8.42. The van der Waals surface area contributed by atoms with Crippen LogP contribution in [-0.2, 0) is 0 Å². The van der Waals surface area contributed by atoms with Gasteiger partial charge in [0.2, 0.25) is 0 Å². The third-order valence-electron chi connectivity index (χ3n) is 6.53. The Bertz CT molecular complexity index is 1040. The summed E-state index contributed by atoms with van der Waals surface area (Å²) in [7, 11) is 2.05. The van der Waals surface area contributed by atoms with Crippen LogP contribution >= 0.6 is 23.2 Å². The smallest absolute Gasteiger partial charge is 0.191 e. The van der Waals surface area contributed by atoms with Gasteiger partial charge in [0.1, 0.15) is 6.07 Å². The molecule has 0 radical (unpaired) electrons. The van der Waals surface area contributed by atoms with Crippen LogP contribution in [-0.4, -0.2) is 24.0 Å². The lowest BCUT2D eigenvalue weighted by Gasteiger charge is -2.48. The first-order valence-electron chi connectivity index (χ1n) is 9.01. The predicted molar refractivity (Wildman–Crippen MR) is 106 cm³/mol. The molecule has 0 amide bonds. The Balaban J connectivity index is 2.05. The molecule has 7 heteroatoms. The Kier molecular flexibility index (Phi) is 4.40. The Morgan fingerprint density at radius 2 is 1.86 bits per heavy atom. The summed E-state index contributed by atoms with van der Waals surface area (Å²) in [5, 5.41) is 30.8. The summed E-state index contributed by atoms with van der Waals surface area (Å²) in [6, 6.07) is 12.0. The van der Waals surface area contributed by atoms with E-state index in [0.717, 1.165) is 24.0 Å². The lowest BCUT2D eigenvalue weighted by molar-refractivity contribution is 0.160. The first kappa shape index (κ1) is 18.9. The average Bonchev–Trinajstić information content (AvgIpc) is 2.93. The van der Waals surface area contributed by atoms with E-state index in [1.54, 1.807) is 18.2 Å². The SMILES string of the molecule is CN1[C@@H]2CC[C@@H]1C=C1C(C#N)=C(N)C(C#N)(C#N)[C@H](c3ccc(Cl)c(Cl)c3)[C@H]12. The summed E-state index contributed by atoms with van der Waals surface area (Å²) in [5.41, 5.74) is 6.57. The Hall–Kier alpha value is -2.49. The van der Waals surface area contributed by atoms with Gasteiger partial charge < -0.3 is 5.73 Å². The lowest BCUT2D eigenvalue weighted by atomic mass is 9.56. The summed E-state index contributed by atoms with van der Waals surface area (Å²) in [6.45, 7) is 0. The molecule has 1 saturated heterocycles. The van der Waals surface area contributed by atoms with E-state index < -0.39 is 11.3 Å². The highest BCUT2D eigenvalue weighted by Gasteiger charge is 2.58. The predicted octanol–water partition coefficient (Wildman–Crippen LogP) is 3.88. The standard InChI is InChI=1S/C21H17Cl2N5/c1-28-12-3-5-17(28)18-13(7-12)14(8-24)20(27)21(9-25,10-26)19(18)11-2-4-15(22)16(23)6-11/h2,4,6-7,12,17-19H,3,5,27H2,1H3/t12-,17-,18-,19-/m1/s1. The van der Waals surface area contributed by atoms with Crippen LogP contribution in [0.15, 0.2) is 41.1 Å². The summed E-state index contributed by atoms with van der Waals surface area (Å²) in [6.07, 6.45) is 3.98. The Morgan fingerprint density at radius 1 is 1.14 bits per heavy atom. The van der Waals surface area contributed by atoms with E-state index in [4.69, 9.17) is 28.9 Å². The van der Waals surface area contributed by atoms with E-state index in [-0.39, 0.29) is 29.3 Å². The summed E-state index contributed by atoms with van der Waals surface area (Å²) < 4.78 is 0. The molecule has 0 aromatic heterocycles. The van der Waals surface area contributed by atoms with Gasteiger partial charge in [-0.3, -0.25) is 4.90 Å². The number of nitriles is 3. The molecule has 0 saturated carbocycles. The van der Waals surface area contributed by atoms with Crippen molar-refractivity contribution in [3.63, 3.8) is 0 Å². The van der Waals surface area contributed by atoms with Gasteiger partial charge in [0.15, 0.2) is 5.41 Å². The van der Waals surface area contributed by atoms with Crippen molar-refractivity contribution in [3.8, 4) is 18.2 Å². The normalized spacial score (nSPS) is 30.6. The summed E-state index contributed by atoms with van der Waals surface area (Å²) >= 11 is 12.4. The van der Waals surface area contributed by atoms with E-state index >= 15 is 0 Å². The average molecular weight is 410 g/mol. The first-order valence-corrected chi connectivity index (χ1v) is 9.77. The van der Waals surface area contributed by atoms with Gasteiger partial charge in [-0.1, -0.05) is 35.3 Å². The molecule has 140 valence electrons. The van der Waals surface area contributed by atoms with Gasteiger partial charge in [-0.25, -0.2) is 0 Å². The number of likely N-dealkylation sites (N-methyl/N-ethyl adjacent to an activating group) is 1. The van der Waals surface area contributed by atoms with Gasteiger partial charge in [0.05, 0.1) is 33.5 Å². The van der Waals surface area contributed by atoms with E-state index in [9.17, 15) is 15.8 Å². The van der Waals surface area contributed by atoms with Crippen molar-refractivity contribution in [3.05, 3.63) is 56.7 Å². The van der Waals surface area contributed by atoms with Gasteiger partial charge in [0, 0.05) is 23.9 Å². The largest absolute Gasteiger partial charge is 0.399 e. The number of nitrogens with two attached hydrogens (primary N) is 1. The molecule has 1 aliphatic carbocycles. The number of hydrogen-bond donors (Lipinski definition) is 1. The van der Waals surface area contributed by atoms with Crippen LogP contribution in [0.3, 0.4) is 0 Å². The third-order valence-corrected chi connectivity index (χ3v) is 7.26. The van der Waals surface area contributed by atoms with E-state index in [0.29, 0.717) is 10.0 Å². The first-order chi connectivity index (χ1) is 13.4.